The quantitative estimate of drug-likeness (QED) is 0.152. The number of aldehydes is 1. The van der Waals surface area contributed by atoms with Crippen molar-refractivity contribution in [2.24, 2.45) is 22.2 Å². The van der Waals surface area contributed by atoms with Gasteiger partial charge in [-0.3, -0.25) is 24.3 Å². The molecule has 0 saturated carbocycles. The van der Waals surface area contributed by atoms with Gasteiger partial charge in [0.25, 0.3) is 0 Å². The van der Waals surface area contributed by atoms with Crippen LogP contribution in [0.5, 0.6) is 0 Å². The summed E-state index contributed by atoms with van der Waals surface area (Å²) in [5, 5.41) is 2.32. The third-order valence-electron chi connectivity index (χ3n) is 2.66. The summed E-state index contributed by atoms with van der Waals surface area (Å²) in [4.78, 5) is 49.4. The van der Waals surface area contributed by atoms with Crippen LogP contribution in [-0.4, -0.2) is 60.5 Å². The van der Waals surface area contributed by atoms with Gasteiger partial charge in [0.05, 0.1) is 19.1 Å². The molecule has 0 spiro atoms. The maximum Gasteiger partial charge on any atom is 0.248 e. The van der Waals surface area contributed by atoms with E-state index < -0.39 is 30.3 Å². The van der Waals surface area contributed by atoms with Crippen LogP contribution in [0.15, 0.2) is 4.99 Å². The lowest BCUT2D eigenvalue weighted by molar-refractivity contribution is -0.145. The number of hydrogen-bond acceptors (Lipinski definition) is 6. The molecular weight excluding hydrogens is 292 g/mol. The van der Waals surface area contributed by atoms with Crippen molar-refractivity contribution < 1.29 is 19.2 Å². The Kier molecular flexibility index (Phi) is 9.11. The Balaban J connectivity index is 4.19. The first-order valence-electron chi connectivity index (χ1n) is 6.62. The fraction of sp³-hybridized carbons (Fsp3) is 0.583. The van der Waals surface area contributed by atoms with E-state index in [-0.39, 0.29) is 12.5 Å². The van der Waals surface area contributed by atoms with E-state index in [4.69, 9.17) is 17.2 Å². The van der Waals surface area contributed by atoms with Crippen LogP contribution in [0.4, 0.5) is 0 Å². The second-order valence-electron chi connectivity index (χ2n) is 4.46. The summed E-state index contributed by atoms with van der Waals surface area (Å²) in [5.74, 6) is -1.83. The van der Waals surface area contributed by atoms with E-state index in [9.17, 15) is 19.2 Å². The summed E-state index contributed by atoms with van der Waals surface area (Å²) in [6.45, 7) is 0.737. The standard InChI is InChI=1S/C12H22N6O4/c1-8(20)18(5-6-19)10(21)7-17-11(22)9(13)3-2-4-16-12(14)15/h6,9H,2-5,7,13H2,1H3,(H,17,22)(H4,14,15,16)/t9-/m1/s1. The van der Waals surface area contributed by atoms with Gasteiger partial charge >= 0.3 is 0 Å². The molecule has 0 aromatic heterocycles. The summed E-state index contributed by atoms with van der Waals surface area (Å²) >= 11 is 0. The van der Waals surface area contributed by atoms with Crippen molar-refractivity contribution in [2.75, 3.05) is 19.6 Å². The number of amides is 3. The van der Waals surface area contributed by atoms with Crippen molar-refractivity contribution >= 4 is 30.0 Å². The fourth-order valence-corrected chi connectivity index (χ4v) is 1.52. The highest BCUT2D eigenvalue weighted by atomic mass is 16.2. The van der Waals surface area contributed by atoms with E-state index in [2.05, 4.69) is 10.3 Å². The number of aliphatic imine (C=N–C) groups is 1. The Bertz CT molecular complexity index is 447. The SMILES string of the molecule is CC(=O)N(CC=O)C(=O)CNC(=O)[C@H](N)CCCN=C(N)N. The Morgan fingerprint density at radius 3 is 2.45 bits per heavy atom. The number of nitrogens with two attached hydrogens (primary N) is 3. The van der Waals surface area contributed by atoms with E-state index in [0.717, 1.165) is 11.8 Å². The number of nitrogens with zero attached hydrogens (tertiary/aromatic N) is 2. The maximum atomic E-state index is 11.7. The number of guanidine groups is 1. The van der Waals surface area contributed by atoms with E-state index in [1.54, 1.807) is 0 Å². The van der Waals surface area contributed by atoms with Crippen molar-refractivity contribution in [3.63, 3.8) is 0 Å². The molecule has 0 rings (SSSR count). The molecule has 7 N–H and O–H groups in total. The molecule has 10 nitrogen and oxygen atoms in total. The Labute approximate surface area is 128 Å². The fourth-order valence-electron chi connectivity index (χ4n) is 1.52. The van der Waals surface area contributed by atoms with Crippen molar-refractivity contribution in [1.29, 1.82) is 0 Å². The predicted molar refractivity (Wildman–Crippen MR) is 79.4 cm³/mol. The third-order valence-corrected chi connectivity index (χ3v) is 2.66. The number of carbonyl (C=O) groups is 4. The highest BCUT2D eigenvalue weighted by Crippen LogP contribution is 1.96. The van der Waals surface area contributed by atoms with Gasteiger partial charge in [-0.1, -0.05) is 0 Å². The minimum Gasteiger partial charge on any atom is -0.370 e. The molecule has 0 saturated heterocycles. The van der Waals surface area contributed by atoms with Gasteiger partial charge in [0.1, 0.15) is 6.29 Å². The van der Waals surface area contributed by atoms with E-state index in [0.29, 0.717) is 25.7 Å². The molecule has 22 heavy (non-hydrogen) atoms. The highest BCUT2D eigenvalue weighted by Gasteiger charge is 2.19. The van der Waals surface area contributed by atoms with Crippen LogP contribution in [-0.2, 0) is 19.2 Å². The molecule has 0 fully saturated rings. The summed E-state index contributed by atoms with van der Waals surface area (Å²) < 4.78 is 0. The smallest absolute Gasteiger partial charge is 0.248 e. The van der Waals surface area contributed by atoms with Gasteiger partial charge in [0, 0.05) is 13.5 Å². The predicted octanol–water partition coefficient (Wildman–Crippen LogP) is -2.94. The first-order valence-corrected chi connectivity index (χ1v) is 6.62. The number of imide groups is 1. The molecule has 0 unspecified atom stereocenters. The van der Waals surface area contributed by atoms with Gasteiger partial charge in [-0.2, -0.15) is 0 Å². The minimum absolute atomic E-state index is 0.0388. The van der Waals surface area contributed by atoms with Crippen LogP contribution in [0.25, 0.3) is 0 Å². The molecule has 0 bridgehead atoms. The minimum atomic E-state index is -0.821. The van der Waals surface area contributed by atoms with E-state index in [1.807, 2.05) is 0 Å². The van der Waals surface area contributed by atoms with Crippen LogP contribution in [0.3, 0.4) is 0 Å². The lowest BCUT2D eigenvalue weighted by Gasteiger charge is -2.17. The first-order chi connectivity index (χ1) is 10.3. The van der Waals surface area contributed by atoms with Crippen LogP contribution < -0.4 is 22.5 Å². The van der Waals surface area contributed by atoms with Crippen molar-refractivity contribution in [3.8, 4) is 0 Å². The largest absolute Gasteiger partial charge is 0.370 e. The van der Waals surface area contributed by atoms with Crippen LogP contribution >= 0.6 is 0 Å². The maximum absolute atomic E-state index is 11.7. The molecule has 0 aromatic carbocycles. The zero-order chi connectivity index (χ0) is 17.1. The summed E-state index contributed by atoms with van der Waals surface area (Å²) in [6, 6.07) is -0.821. The highest BCUT2D eigenvalue weighted by molar-refractivity contribution is 5.98. The molecule has 0 radical (unpaired) electrons. The molecule has 3 amide bonds. The monoisotopic (exact) mass is 314 g/mol. The molecule has 0 aliphatic rings. The van der Waals surface area contributed by atoms with Crippen molar-refractivity contribution in [2.45, 2.75) is 25.8 Å². The number of carbonyl (C=O) groups excluding carboxylic acids is 4. The Morgan fingerprint density at radius 1 is 1.32 bits per heavy atom. The van der Waals surface area contributed by atoms with Gasteiger partial charge in [0.2, 0.25) is 17.7 Å². The molecule has 0 aromatic rings. The number of hydrogen-bond donors (Lipinski definition) is 4. The normalized spacial score (nSPS) is 11.2. The van der Waals surface area contributed by atoms with Gasteiger partial charge in [-0.25, -0.2) is 0 Å². The average molecular weight is 314 g/mol. The third kappa shape index (κ3) is 7.94. The van der Waals surface area contributed by atoms with E-state index >= 15 is 0 Å². The zero-order valence-corrected chi connectivity index (χ0v) is 12.4. The average Bonchev–Trinajstić information content (AvgIpc) is 2.45. The molecular formula is C12H22N6O4. The first kappa shape index (κ1) is 19.5. The lowest BCUT2D eigenvalue weighted by atomic mass is 10.1. The van der Waals surface area contributed by atoms with Crippen LogP contribution in [0, 0.1) is 0 Å². The van der Waals surface area contributed by atoms with E-state index in [1.165, 1.54) is 0 Å². The van der Waals surface area contributed by atoms with Crippen molar-refractivity contribution in [1.82, 2.24) is 10.2 Å². The Hall–Kier alpha value is -2.49. The lowest BCUT2D eigenvalue weighted by Crippen LogP contribution is -2.47. The Morgan fingerprint density at radius 2 is 1.95 bits per heavy atom. The molecule has 0 heterocycles. The number of nitrogens with one attached hydrogen (secondary N) is 1. The second-order valence-corrected chi connectivity index (χ2v) is 4.46. The van der Waals surface area contributed by atoms with Gasteiger partial charge in [-0.15, -0.1) is 0 Å². The van der Waals surface area contributed by atoms with Gasteiger partial charge < -0.3 is 27.3 Å². The van der Waals surface area contributed by atoms with Crippen LogP contribution in [0.2, 0.25) is 0 Å². The van der Waals surface area contributed by atoms with Crippen LogP contribution in [0.1, 0.15) is 19.8 Å². The zero-order valence-electron chi connectivity index (χ0n) is 12.4. The van der Waals surface area contributed by atoms with Crippen molar-refractivity contribution in [3.05, 3.63) is 0 Å². The van der Waals surface area contributed by atoms with Gasteiger partial charge in [0.15, 0.2) is 5.96 Å². The second kappa shape index (κ2) is 10.3. The molecule has 124 valence electrons. The van der Waals surface area contributed by atoms with Gasteiger partial charge in [-0.05, 0) is 12.8 Å². The summed E-state index contributed by atoms with van der Waals surface area (Å²) in [7, 11) is 0. The topological polar surface area (TPSA) is 174 Å². The molecule has 10 heteroatoms. The molecule has 0 aliphatic heterocycles. The molecule has 1 atom stereocenters. The summed E-state index contributed by atoms with van der Waals surface area (Å²) in [6.07, 6.45) is 1.27. The number of rotatable bonds is 9. The molecule has 0 aliphatic carbocycles. The summed E-state index contributed by atoms with van der Waals surface area (Å²) in [5.41, 5.74) is 15.9.